The lowest BCUT2D eigenvalue weighted by Gasteiger charge is -2.35. The number of carbonyl (C=O) groups is 1. The van der Waals surface area contributed by atoms with Crippen LogP contribution in [0, 0.1) is 17.0 Å². The molecule has 30 heavy (non-hydrogen) atoms. The molecule has 2 heterocycles. The summed E-state index contributed by atoms with van der Waals surface area (Å²) < 4.78 is 0. The predicted molar refractivity (Wildman–Crippen MR) is 118 cm³/mol. The molecule has 0 saturated carbocycles. The Hall–Kier alpha value is -3.26. The Morgan fingerprint density at radius 2 is 1.80 bits per heavy atom. The molecule has 2 aromatic carbocycles. The third kappa shape index (κ3) is 4.33. The molecule has 8 heteroatoms. The summed E-state index contributed by atoms with van der Waals surface area (Å²) in [5, 5.41) is 14.1. The molecule has 0 aliphatic carbocycles. The number of nitrogens with zero attached hydrogens (tertiary/aromatic N) is 4. The van der Waals surface area contributed by atoms with Crippen molar-refractivity contribution in [2.24, 2.45) is 0 Å². The molecule has 154 valence electrons. The molecule has 0 atom stereocenters. The molecule has 4 rings (SSSR count). The highest BCUT2D eigenvalue weighted by atomic mass is 32.1. The summed E-state index contributed by atoms with van der Waals surface area (Å²) in [5.74, 6) is 0.0398. The number of piperazine rings is 1. The molecule has 1 aliphatic heterocycles. The van der Waals surface area contributed by atoms with Crippen LogP contribution in [0.2, 0.25) is 0 Å². The molecule has 0 bridgehead atoms. The maximum absolute atomic E-state index is 12.7. The highest BCUT2D eigenvalue weighted by molar-refractivity contribution is 7.13. The van der Waals surface area contributed by atoms with Crippen LogP contribution in [-0.4, -0.2) is 46.9 Å². The van der Waals surface area contributed by atoms with Crippen molar-refractivity contribution in [3.63, 3.8) is 0 Å². The molecule has 0 spiro atoms. The van der Waals surface area contributed by atoms with Crippen molar-refractivity contribution in [2.75, 3.05) is 31.1 Å². The van der Waals surface area contributed by atoms with Gasteiger partial charge in [-0.3, -0.25) is 14.9 Å². The molecule has 3 aromatic rings. The number of hydrogen-bond acceptors (Lipinski definition) is 6. The lowest BCUT2D eigenvalue weighted by atomic mass is 10.1. The maximum Gasteiger partial charge on any atom is 0.292 e. The second kappa shape index (κ2) is 8.62. The lowest BCUT2D eigenvalue weighted by molar-refractivity contribution is -0.384. The van der Waals surface area contributed by atoms with E-state index in [-0.39, 0.29) is 22.9 Å². The van der Waals surface area contributed by atoms with Gasteiger partial charge in [-0.15, -0.1) is 11.3 Å². The summed E-state index contributed by atoms with van der Waals surface area (Å²) in [7, 11) is 0. The van der Waals surface area contributed by atoms with Gasteiger partial charge in [0.15, 0.2) is 0 Å². The van der Waals surface area contributed by atoms with Crippen molar-refractivity contribution in [3.8, 4) is 10.6 Å². The minimum absolute atomic E-state index is 0.0398. The number of aromatic nitrogens is 1. The minimum atomic E-state index is -0.360. The Balaban J connectivity index is 1.36. The number of nitro groups is 1. The zero-order valence-corrected chi connectivity index (χ0v) is 17.5. The van der Waals surface area contributed by atoms with Crippen molar-refractivity contribution in [3.05, 3.63) is 75.3 Å². The van der Waals surface area contributed by atoms with Gasteiger partial charge in [-0.05, 0) is 13.0 Å². The molecule has 1 saturated heterocycles. The summed E-state index contributed by atoms with van der Waals surface area (Å²) in [4.78, 5) is 32.1. The third-order valence-corrected chi connectivity index (χ3v) is 6.17. The first-order chi connectivity index (χ1) is 14.5. The fourth-order valence-electron chi connectivity index (χ4n) is 3.57. The van der Waals surface area contributed by atoms with E-state index in [2.05, 4.69) is 17.1 Å². The smallest absolute Gasteiger partial charge is 0.292 e. The van der Waals surface area contributed by atoms with E-state index in [1.807, 2.05) is 34.2 Å². The number of hydrogen-bond donors (Lipinski definition) is 0. The summed E-state index contributed by atoms with van der Waals surface area (Å²) in [6, 6.07) is 14.9. The van der Waals surface area contributed by atoms with E-state index >= 15 is 0 Å². The lowest BCUT2D eigenvalue weighted by Crippen LogP contribution is -2.49. The van der Waals surface area contributed by atoms with Crippen LogP contribution in [0.3, 0.4) is 0 Å². The zero-order chi connectivity index (χ0) is 21.1. The zero-order valence-electron chi connectivity index (χ0n) is 16.7. The molecule has 1 aromatic heterocycles. The van der Waals surface area contributed by atoms with E-state index in [4.69, 9.17) is 0 Å². The van der Waals surface area contributed by atoms with Crippen LogP contribution in [0.1, 0.15) is 11.3 Å². The average Bonchev–Trinajstić information content (AvgIpc) is 3.22. The Kier molecular flexibility index (Phi) is 5.76. The number of nitro benzene ring substituents is 1. The molecule has 1 amide bonds. The SMILES string of the molecule is Cc1ccc(-c2nc(CC(=O)N3CCN(c4ccccc4[N+](=O)[O-])CC3)cs2)cc1. The summed E-state index contributed by atoms with van der Waals surface area (Å²) in [6.07, 6.45) is 0.272. The molecule has 0 N–H and O–H groups in total. The standard InChI is InChI=1S/C22H22N4O3S/c1-16-6-8-17(9-7-16)22-23-18(15-30-22)14-21(27)25-12-10-24(11-13-25)19-4-2-3-5-20(19)26(28)29/h2-9,15H,10-14H2,1H3. The molecular formula is C22H22N4O3S. The van der Waals surface area contributed by atoms with Crippen molar-refractivity contribution in [2.45, 2.75) is 13.3 Å². The van der Waals surface area contributed by atoms with E-state index in [1.165, 1.54) is 11.6 Å². The second-order valence-electron chi connectivity index (χ2n) is 7.30. The van der Waals surface area contributed by atoms with Gasteiger partial charge in [0.25, 0.3) is 5.69 Å². The molecule has 0 unspecified atom stereocenters. The van der Waals surface area contributed by atoms with Crippen LogP contribution in [0.25, 0.3) is 10.6 Å². The average molecular weight is 423 g/mol. The number of thiazole rings is 1. The van der Waals surface area contributed by atoms with Gasteiger partial charge in [0, 0.05) is 43.2 Å². The molecular weight excluding hydrogens is 400 g/mol. The second-order valence-corrected chi connectivity index (χ2v) is 8.16. The van der Waals surface area contributed by atoms with E-state index < -0.39 is 0 Å². The Morgan fingerprint density at radius 3 is 2.50 bits per heavy atom. The first kappa shape index (κ1) is 20.0. The molecule has 7 nitrogen and oxygen atoms in total. The number of amides is 1. The largest absolute Gasteiger partial charge is 0.362 e. The van der Waals surface area contributed by atoms with Crippen molar-refractivity contribution in [1.29, 1.82) is 0 Å². The van der Waals surface area contributed by atoms with Gasteiger partial charge in [-0.1, -0.05) is 42.0 Å². The van der Waals surface area contributed by atoms with E-state index in [9.17, 15) is 14.9 Å². The van der Waals surface area contributed by atoms with E-state index in [0.717, 1.165) is 16.3 Å². The predicted octanol–water partition coefficient (Wildman–Crippen LogP) is 3.92. The monoisotopic (exact) mass is 422 g/mol. The Bertz CT molecular complexity index is 1060. The third-order valence-electron chi connectivity index (χ3n) is 5.23. The van der Waals surface area contributed by atoms with Gasteiger partial charge < -0.3 is 9.80 Å². The van der Waals surface area contributed by atoms with Gasteiger partial charge in [-0.2, -0.15) is 0 Å². The fourth-order valence-corrected chi connectivity index (χ4v) is 4.39. The molecule has 0 radical (unpaired) electrons. The number of benzene rings is 2. The number of aryl methyl sites for hydroxylation is 1. The van der Waals surface area contributed by atoms with Crippen LogP contribution in [-0.2, 0) is 11.2 Å². The summed E-state index contributed by atoms with van der Waals surface area (Å²) >= 11 is 1.55. The molecule has 1 fully saturated rings. The summed E-state index contributed by atoms with van der Waals surface area (Å²) in [6.45, 7) is 4.27. The van der Waals surface area contributed by atoms with Gasteiger partial charge >= 0.3 is 0 Å². The maximum atomic E-state index is 12.7. The quantitative estimate of drug-likeness (QED) is 0.460. The van der Waals surface area contributed by atoms with Crippen LogP contribution in [0.15, 0.2) is 53.9 Å². The van der Waals surface area contributed by atoms with Crippen LogP contribution in [0.4, 0.5) is 11.4 Å². The fraction of sp³-hybridized carbons (Fsp3) is 0.273. The van der Waals surface area contributed by atoms with Gasteiger partial charge in [0.1, 0.15) is 10.7 Å². The van der Waals surface area contributed by atoms with Crippen molar-refractivity contribution in [1.82, 2.24) is 9.88 Å². The first-order valence-corrected chi connectivity index (χ1v) is 10.7. The van der Waals surface area contributed by atoms with Crippen LogP contribution < -0.4 is 4.90 Å². The highest BCUT2D eigenvalue weighted by Gasteiger charge is 2.25. The van der Waals surface area contributed by atoms with Gasteiger partial charge in [0.2, 0.25) is 5.91 Å². The van der Waals surface area contributed by atoms with E-state index in [0.29, 0.717) is 31.9 Å². The van der Waals surface area contributed by atoms with Crippen LogP contribution in [0.5, 0.6) is 0 Å². The van der Waals surface area contributed by atoms with Crippen LogP contribution >= 0.6 is 11.3 Å². The van der Waals surface area contributed by atoms with E-state index in [1.54, 1.807) is 29.5 Å². The highest BCUT2D eigenvalue weighted by Crippen LogP contribution is 2.28. The number of rotatable bonds is 5. The topological polar surface area (TPSA) is 79.6 Å². The number of para-hydroxylation sites is 2. The Morgan fingerprint density at radius 1 is 1.10 bits per heavy atom. The van der Waals surface area contributed by atoms with Gasteiger partial charge in [-0.25, -0.2) is 4.98 Å². The van der Waals surface area contributed by atoms with Crippen molar-refractivity contribution >= 4 is 28.6 Å². The first-order valence-electron chi connectivity index (χ1n) is 9.79. The Labute approximate surface area is 178 Å². The molecule has 1 aliphatic rings. The summed E-state index contributed by atoms with van der Waals surface area (Å²) in [5.41, 5.74) is 3.75. The van der Waals surface area contributed by atoms with Crippen molar-refractivity contribution < 1.29 is 9.72 Å². The number of carbonyl (C=O) groups excluding carboxylic acids is 1. The minimum Gasteiger partial charge on any atom is -0.362 e. The normalized spacial score (nSPS) is 14.0. The van der Waals surface area contributed by atoms with Gasteiger partial charge in [0.05, 0.1) is 17.0 Å². The number of anilines is 1.